The van der Waals surface area contributed by atoms with Gasteiger partial charge in [-0.15, -0.1) is 11.3 Å². The Morgan fingerprint density at radius 1 is 1.50 bits per heavy atom. The van der Waals surface area contributed by atoms with Crippen LogP contribution >= 0.6 is 11.3 Å². The number of aryl methyl sites for hydroxylation is 1. The molecule has 0 aromatic carbocycles. The van der Waals surface area contributed by atoms with Crippen LogP contribution in [0.1, 0.15) is 23.5 Å². The van der Waals surface area contributed by atoms with Crippen LogP contribution in [0.3, 0.4) is 0 Å². The molecule has 0 bridgehead atoms. The Labute approximate surface area is 165 Å². The van der Waals surface area contributed by atoms with E-state index in [4.69, 9.17) is 19.4 Å². The molecule has 3 aliphatic rings. The predicted octanol–water partition coefficient (Wildman–Crippen LogP) is 2.96. The number of rotatable bonds is 6. The third-order valence-electron chi connectivity index (χ3n) is 5.35. The summed E-state index contributed by atoms with van der Waals surface area (Å²) in [5.74, 6) is -1.12. The Balaban J connectivity index is 0.000000279. The van der Waals surface area contributed by atoms with Gasteiger partial charge in [0.2, 0.25) is 0 Å². The van der Waals surface area contributed by atoms with E-state index in [9.17, 15) is 13.2 Å². The summed E-state index contributed by atoms with van der Waals surface area (Å²) in [7, 11) is 0. The monoisotopic (exact) mass is 422 g/mol. The zero-order chi connectivity index (χ0) is 20.4. The fraction of sp³-hybridized carbons (Fsp3) is 0.778. The number of ether oxygens (including phenoxy) is 2. The number of aromatic nitrogens is 1. The molecule has 3 fully saturated rings. The van der Waals surface area contributed by atoms with Crippen molar-refractivity contribution in [1.29, 1.82) is 0 Å². The number of fused-ring (bicyclic) bond motifs is 1. The average molecular weight is 422 g/mol. The molecule has 28 heavy (non-hydrogen) atoms. The van der Waals surface area contributed by atoms with Crippen molar-refractivity contribution in [3.05, 3.63) is 16.1 Å². The average Bonchev–Trinajstić information content (AvgIpc) is 3.02. The molecule has 3 heterocycles. The molecule has 1 aromatic rings. The molecule has 2 atom stereocenters. The first-order chi connectivity index (χ1) is 13.2. The molecule has 0 unspecified atom stereocenters. The van der Waals surface area contributed by atoms with Crippen LogP contribution in [0, 0.1) is 24.2 Å². The standard InChI is InChI=1S/C16H24N2O2S.C2HF3O2/c1-12-17-15(8-21-12)7-20-11-16-9-18(4-13-2-3-13)5-14(16)6-19-10-16;3-2(4,5)1(6)7/h8,13-14H,2-7,9-11H2,1H3;(H,6,7)/t14-,16+;/m1./s1. The Morgan fingerprint density at radius 3 is 2.79 bits per heavy atom. The number of thiazole rings is 1. The van der Waals surface area contributed by atoms with E-state index in [1.807, 2.05) is 6.92 Å². The molecule has 158 valence electrons. The lowest BCUT2D eigenvalue weighted by Crippen LogP contribution is -2.36. The van der Waals surface area contributed by atoms with E-state index in [0.717, 1.165) is 43.0 Å². The van der Waals surface area contributed by atoms with Crippen LogP contribution in [-0.4, -0.2) is 66.6 Å². The summed E-state index contributed by atoms with van der Waals surface area (Å²) < 4.78 is 43.5. The molecule has 10 heteroatoms. The molecule has 1 aromatic heterocycles. The van der Waals surface area contributed by atoms with Crippen molar-refractivity contribution in [2.75, 3.05) is 39.5 Å². The van der Waals surface area contributed by atoms with Crippen molar-refractivity contribution < 1.29 is 32.5 Å². The zero-order valence-electron chi connectivity index (χ0n) is 15.7. The second kappa shape index (κ2) is 8.64. The number of carboxylic acid groups (broad SMARTS) is 1. The van der Waals surface area contributed by atoms with Crippen molar-refractivity contribution in [2.24, 2.45) is 17.3 Å². The van der Waals surface area contributed by atoms with Gasteiger partial charge in [0, 0.05) is 36.3 Å². The van der Waals surface area contributed by atoms with E-state index in [0.29, 0.717) is 12.5 Å². The lowest BCUT2D eigenvalue weighted by Gasteiger charge is -2.27. The van der Waals surface area contributed by atoms with Crippen molar-refractivity contribution in [1.82, 2.24) is 9.88 Å². The summed E-state index contributed by atoms with van der Waals surface area (Å²) in [5.41, 5.74) is 1.30. The lowest BCUT2D eigenvalue weighted by molar-refractivity contribution is -0.192. The molecule has 1 saturated carbocycles. The SMILES string of the molecule is Cc1nc(COC[C@]23COC[C@H]2CN(CC2CC2)C3)cs1.O=C(O)C(F)(F)F. The van der Waals surface area contributed by atoms with Crippen LogP contribution in [0.15, 0.2) is 5.38 Å². The molecule has 0 amide bonds. The third kappa shape index (κ3) is 5.65. The first kappa shape index (κ1) is 21.5. The van der Waals surface area contributed by atoms with Gasteiger partial charge in [-0.3, -0.25) is 0 Å². The summed E-state index contributed by atoms with van der Waals surface area (Å²) in [4.78, 5) is 16.0. The predicted molar refractivity (Wildman–Crippen MR) is 96.1 cm³/mol. The second-order valence-corrected chi connectivity index (χ2v) is 8.93. The Morgan fingerprint density at radius 2 is 2.21 bits per heavy atom. The second-order valence-electron chi connectivity index (χ2n) is 7.87. The van der Waals surface area contributed by atoms with Crippen LogP contribution in [0.5, 0.6) is 0 Å². The summed E-state index contributed by atoms with van der Waals surface area (Å²) in [6.45, 7) is 8.94. The highest BCUT2D eigenvalue weighted by Gasteiger charge is 2.51. The first-order valence-electron chi connectivity index (χ1n) is 9.27. The molecule has 1 aliphatic carbocycles. The van der Waals surface area contributed by atoms with Gasteiger partial charge >= 0.3 is 12.1 Å². The highest BCUT2D eigenvalue weighted by molar-refractivity contribution is 7.09. The minimum Gasteiger partial charge on any atom is -0.475 e. The van der Waals surface area contributed by atoms with Crippen LogP contribution in [0.2, 0.25) is 0 Å². The van der Waals surface area contributed by atoms with Crippen molar-refractivity contribution in [3.63, 3.8) is 0 Å². The van der Waals surface area contributed by atoms with Crippen molar-refractivity contribution >= 4 is 17.3 Å². The minimum absolute atomic E-state index is 0.236. The van der Waals surface area contributed by atoms with E-state index >= 15 is 0 Å². The Hall–Kier alpha value is -1.23. The van der Waals surface area contributed by atoms with Crippen LogP contribution in [-0.2, 0) is 20.9 Å². The maximum Gasteiger partial charge on any atom is 0.490 e. The number of aliphatic carboxylic acids is 1. The fourth-order valence-corrected chi connectivity index (χ4v) is 4.38. The smallest absolute Gasteiger partial charge is 0.475 e. The van der Waals surface area contributed by atoms with E-state index in [1.54, 1.807) is 11.3 Å². The molecule has 0 spiro atoms. The van der Waals surface area contributed by atoms with E-state index in [1.165, 1.54) is 25.9 Å². The van der Waals surface area contributed by atoms with Crippen molar-refractivity contribution in [2.45, 2.75) is 32.5 Å². The molecule has 1 N–H and O–H groups in total. The molecule has 4 rings (SSSR count). The number of hydrogen-bond donors (Lipinski definition) is 1. The van der Waals surface area contributed by atoms with Crippen molar-refractivity contribution in [3.8, 4) is 0 Å². The summed E-state index contributed by atoms with van der Waals surface area (Å²) in [6.07, 6.45) is -2.21. The minimum atomic E-state index is -5.08. The largest absolute Gasteiger partial charge is 0.490 e. The molecule has 6 nitrogen and oxygen atoms in total. The van der Waals surface area contributed by atoms with Crippen LogP contribution < -0.4 is 0 Å². The molecule has 0 radical (unpaired) electrons. The number of nitrogens with zero attached hydrogens (tertiary/aromatic N) is 2. The van der Waals surface area contributed by atoms with Gasteiger partial charge in [-0.2, -0.15) is 13.2 Å². The lowest BCUT2D eigenvalue weighted by atomic mass is 9.82. The summed E-state index contributed by atoms with van der Waals surface area (Å²) >= 11 is 1.69. The van der Waals surface area contributed by atoms with E-state index in [2.05, 4.69) is 15.3 Å². The Kier molecular flexibility index (Phi) is 6.63. The molecular weight excluding hydrogens is 397 g/mol. The zero-order valence-corrected chi connectivity index (χ0v) is 16.5. The Bertz CT molecular complexity index is 680. The summed E-state index contributed by atoms with van der Waals surface area (Å²) in [6, 6.07) is 0. The quantitative estimate of drug-likeness (QED) is 0.760. The topological polar surface area (TPSA) is 71.9 Å². The van der Waals surface area contributed by atoms with Gasteiger partial charge in [-0.1, -0.05) is 0 Å². The maximum atomic E-state index is 10.6. The highest BCUT2D eigenvalue weighted by Crippen LogP contribution is 2.43. The maximum absolute atomic E-state index is 10.6. The number of carboxylic acids is 1. The number of carbonyl (C=O) groups is 1. The van der Waals surface area contributed by atoms with Crippen LogP contribution in [0.25, 0.3) is 0 Å². The van der Waals surface area contributed by atoms with Gasteiger partial charge in [-0.25, -0.2) is 9.78 Å². The van der Waals surface area contributed by atoms with Crippen LogP contribution in [0.4, 0.5) is 13.2 Å². The molecule has 2 saturated heterocycles. The summed E-state index contributed by atoms with van der Waals surface area (Å²) in [5, 5.41) is 10.3. The van der Waals surface area contributed by atoms with Gasteiger partial charge in [0.05, 0.1) is 37.1 Å². The first-order valence-corrected chi connectivity index (χ1v) is 10.1. The molecule has 2 aliphatic heterocycles. The van der Waals surface area contributed by atoms with Gasteiger partial charge in [0.1, 0.15) is 0 Å². The normalized spacial score (nSPS) is 27.4. The van der Waals surface area contributed by atoms with Gasteiger partial charge in [0.15, 0.2) is 0 Å². The number of alkyl halides is 3. The number of likely N-dealkylation sites (tertiary alicyclic amines) is 1. The number of halogens is 3. The van der Waals surface area contributed by atoms with E-state index in [-0.39, 0.29) is 5.41 Å². The third-order valence-corrected chi connectivity index (χ3v) is 6.18. The van der Waals surface area contributed by atoms with Gasteiger partial charge in [0.25, 0.3) is 0 Å². The van der Waals surface area contributed by atoms with Gasteiger partial charge < -0.3 is 19.5 Å². The number of hydrogen-bond acceptors (Lipinski definition) is 6. The highest BCUT2D eigenvalue weighted by atomic mass is 32.1. The fourth-order valence-electron chi connectivity index (χ4n) is 3.78. The molecular formula is C18H25F3N2O4S. The van der Waals surface area contributed by atoms with E-state index < -0.39 is 12.1 Å². The van der Waals surface area contributed by atoms with Gasteiger partial charge in [-0.05, 0) is 25.7 Å².